The minimum absolute atomic E-state index is 0.0672. The number of carbonyl (C=O) groups is 1. The molecule has 28 heavy (non-hydrogen) atoms. The third-order valence-corrected chi connectivity index (χ3v) is 5.41. The highest BCUT2D eigenvalue weighted by atomic mass is 32.1. The summed E-state index contributed by atoms with van der Waals surface area (Å²) in [6.45, 7) is 2.50. The molecule has 0 spiro atoms. The van der Waals surface area contributed by atoms with Crippen molar-refractivity contribution in [1.82, 2.24) is 14.5 Å². The molecule has 0 fully saturated rings. The number of hydrogen-bond acceptors (Lipinski definition) is 4. The monoisotopic (exact) mass is 399 g/mol. The molecule has 1 atom stereocenters. The molecule has 6 nitrogen and oxygen atoms in total. The molecule has 2 aromatic heterocycles. The molecule has 1 aromatic carbocycles. The first-order chi connectivity index (χ1) is 13.5. The van der Waals surface area contributed by atoms with Crippen molar-refractivity contribution in [3.05, 3.63) is 63.5 Å². The zero-order chi connectivity index (χ0) is 20.1. The van der Waals surface area contributed by atoms with E-state index in [9.17, 15) is 9.59 Å². The topological polar surface area (TPSA) is 71.2 Å². The first-order valence-corrected chi connectivity index (χ1v) is 9.91. The number of amides is 1. The van der Waals surface area contributed by atoms with Crippen LogP contribution >= 0.6 is 12.2 Å². The van der Waals surface area contributed by atoms with Gasteiger partial charge in [0.1, 0.15) is 5.76 Å². The minimum atomic E-state index is -0.0861. The molecule has 1 amide bonds. The summed E-state index contributed by atoms with van der Waals surface area (Å²) in [5.74, 6) is 0.866. The molecule has 1 unspecified atom stereocenters. The first-order valence-electron chi connectivity index (χ1n) is 9.50. The van der Waals surface area contributed by atoms with Gasteiger partial charge in [-0.15, -0.1) is 0 Å². The van der Waals surface area contributed by atoms with Gasteiger partial charge in [-0.05, 0) is 56.2 Å². The number of furan rings is 1. The van der Waals surface area contributed by atoms with Crippen molar-refractivity contribution in [3.8, 4) is 0 Å². The van der Waals surface area contributed by atoms with Crippen LogP contribution in [-0.2, 0) is 11.3 Å². The molecule has 0 saturated carbocycles. The molecule has 7 heteroatoms. The van der Waals surface area contributed by atoms with Gasteiger partial charge in [-0.1, -0.05) is 18.6 Å². The number of carbonyl (C=O) groups excluding carboxylic acids is 1. The Morgan fingerprint density at radius 2 is 2.00 bits per heavy atom. The van der Waals surface area contributed by atoms with E-state index in [0.29, 0.717) is 23.1 Å². The van der Waals surface area contributed by atoms with Crippen LogP contribution in [0.1, 0.15) is 44.4 Å². The van der Waals surface area contributed by atoms with Gasteiger partial charge in [0, 0.05) is 20.0 Å². The lowest BCUT2D eigenvalue weighted by atomic mass is 10.1. The Morgan fingerprint density at radius 3 is 2.75 bits per heavy atom. The van der Waals surface area contributed by atoms with E-state index in [1.165, 1.54) is 0 Å². The minimum Gasteiger partial charge on any atom is -0.467 e. The van der Waals surface area contributed by atoms with E-state index >= 15 is 0 Å². The second kappa shape index (κ2) is 9.01. The SMILES string of the molecule is CC(c1ccco1)N(C)C(=O)CCCCCn1c(=S)[nH]c2ccccc2c1=O. The molecular formula is C21H25N3O3S. The maximum absolute atomic E-state index is 12.6. The number of benzene rings is 1. The fraction of sp³-hybridized carbons (Fsp3) is 0.381. The number of hydrogen-bond donors (Lipinski definition) is 1. The van der Waals surface area contributed by atoms with E-state index in [-0.39, 0.29) is 17.5 Å². The van der Waals surface area contributed by atoms with Crippen molar-refractivity contribution in [3.63, 3.8) is 0 Å². The highest BCUT2D eigenvalue weighted by molar-refractivity contribution is 7.71. The summed E-state index contributed by atoms with van der Waals surface area (Å²) in [4.78, 5) is 29.8. The highest BCUT2D eigenvalue weighted by Crippen LogP contribution is 2.20. The lowest BCUT2D eigenvalue weighted by Crippen LogP contribution is -2.29. The van der Waals surface area contributed by atoms with Gasteiger partial charge in [-0.2, -0.15) is 0 Å². The predicted octanol–water partition coefficient (Wildman–Crippen LogP) is 4.43. The summed E-state index contributed by atoms with van der Waals surface area (Å²) >= 11 is 5.33. The number of para-hydroxylation sites is 1. The number of rotatable bonds is 8. The molecule has 2 heterocycles. The van der Waals surface area contributed by atoms with E-state index in [1.807, 2.05) is 37.3 Å². The molecule has 3 rings (SSSR count). The number of nitrogens with zero attached hydrogens (tertiary/aromatic N) is 2. The van der Waals surface area contributed by atoms with Crippen LogP contribution in [-0.4, -0.2) is 27.4 Å². The largest absolute Gasteiger partial charge is 0.467 e. The molecule has 0 aliphatic heterocycles. The number of aromatic amines is 1. The van der Waals surface area contributed by atoms with Crippen LogP contribution < -0.4 is 5.56 Å². The highest BCUT2D eigenvalue weighted by Gasteiger charge is 2.18. The molecule has 148 valence electrons. The third kappa shape index (κ3) is 4.42. The van der Waals surface area contributed by atoms with Crippen LogP contribution in [0.3, 0.4) is 0 Å². The van der Waals surface area contributed by atoms with Crippen LogP contribution in [0, 0.1) is 4.77 Å². The summed E-state index contributed by atoms with van der Waals surface area (Å²) in [6.07, 6.45) is 4.50. The fourth-order valence-electron chi connectivity index (χ4n) is 3.24. The van der Waals surface area contributed by atoms with Crippen LogP contribution in [0.5, 0.6) is 0 Å². The average Bonchev–Trinajstić information content (AvgIpc) is 3.23. The van der Waals surface area contributed by atoms with Gasteiger partial charge in [-0.3, -0.25) is 14.2 Å². The van der Waals surface area contributed by atoms with Gasteiger partial charge in [0.05, 0.1) is 23.2 Å². The number of unbranched alkanes of at least 4 members (excludes halogenated alkanes) is 2. The van der Waals surface area contributed by atoms with Gasteiger partial charge >= 0.3 is 0 Å². The van der Waals surface area contributed by atoms with Crippen molar-refractivity contribution >= 4 is 29.0 Å². The Hall–Kier alpha value is -2.67. The smallest absolute Gasteiger partial charge is 0.262 e. The van der Waals surface area contributed by atoms with Crippen LogP contribution in [0.4, 0.5) is 0 Å². The average molecular weight is 400 g/mol. The summed E-state index contributed by atoms with van der Waals surface area (Å²) in [5.41, 5.74) is 0.690. The van der Waals surface area contributed by atoms with Gasteiger partial charge in [0.25, 0.3) is 5.56 Å². The van der Waals surface area contributed by atoms with E-state index < -0.39 is 0 Å². The summed E-state index contributed by atoms with van der Waals surface area (Å²) < 4.78 is 7.41. The molecule has 0 aliphatic carbocycles. The first kappa shape index (κ1) is 20.1. The van der Waals surface area contributed by atoms with Gasteiger partial charge in [0.15, 0.2) is 4.77 Å². The molecule has 3 aromatic rings. The standard InChI is InChI=1S/C21H25N3O3S/c1-15(18-11-8-14-27-18)23(2)19(25)12-4-3-7-13-24-20(26)16-9-5-6-10-17(16)22-21(24)28/h5-6,8-11,14-15H,3-4,7,12-13H2,1-2H3,(H,22,28). The van der Waals surface area contributed by atoms with Crippen molar-refractivity contribution in [2.75, 3.05) is 7.05 Å². The van der Waals surface area contributed by atoms with E-state index in [0.717, 1.165) is 30.5 Å². The molecule has 0 radical (unpaired) electrons. The Balaban J connectivity index is 1.50. The lowest BCUT2D eigenvalue weighted by Gasteiger charge is -2.23. The maximum atomic E-state index is 12.6. The van der Waals surface area contributed by atoms with Gasteiger partial charge in [-0.25, -0.2) is 0 Å². The Kier molecular flexibility index (Phi) is 6.46. The molecule has 0 bridgehead atoms. The van der Waals surface area contributed by atoms with Crippen molar-refractivity contribution in [2.45, 2.75) is 45.2 Å². The second-order valence-corrected chi connectivity index (χ2v) is 7.33. The van der Waals surface area contributed by atoms with E-state index in [2.05, 4.69) is 4.98 Å². The van der Waals surface area contributed by atoms with E-state index in [4.69, 9.17) is 16.6 Å². The van der Waals surface area contributed by atoms with Crippen molar-refractivity contribution < 1.29 is 9.21 Å². The summed E-state index contributed by atoms with van der Waals surface area (Å²) in [5, 5.41) is 0.639. The molecular weight excluding hydrogens is 374 g/mol. The Labute approximate surface area is 168 Å². The molecule has 1 N–H and O–H groups in total. The fourth-order valence-corrected chi connectivity index (χ4v) is 3.52. The number of nitrogens with one attached hydrogen (secondary N) is 1. The number of H-pyrrole nitrogens is 1. The third-order valence-electron chi connectivity index (χ3n) is 5.09. The molecule has 0 aliphatic rings. The number of aromatic nitrogens is 2. The lowest BCUT2D eigenvalue weighted by molar-refractivity contribution is -0.132. The zero-order valence-electron chi connectivity index (χ0n) is 16.2. The zero-order valence-corrected chi connectivity index (χ0v) is 17.0. The van der Waals surface area contributed by atoms with Crippen LogP contribution in [0.15, 0.2) is 51.9 Å². The normalized spacial score (nSPS) is 12.2. The molecule has 0 saturated heterocycles. The number of fused-ring (bicyclic) bond motifs is 1. The van der Waals surface area contributed by atoms with Gasteiger partial charge in [0.2, 0.25) is 5.91 Å². The summed E-state index contributed by atoms with van der Waals surface area (Å²) in [6, 6.07) is 11.0. The summed E-state index contributed by atoms with van der Waals surface area (Å²) in [7, 11) is 1.80. The van der Waals surface area contributed by atoms with Crippen LogP contribution in [0.25, 0.3) is 10.9 Å². The maximum Gasteiger partial charge on any atom is 0.262 e. The van der Waals surface area contributed by atoms with Crippen LogP contribution in [0.2, 0.25) is 0 Å². The Morgan fingerprint density at radius 1 is 1.21 bits per heavy atom. The Bertz CT molecular complexity index is 1050. The van der Waals surface area contributed by atoms with Crippen molar-refractivity contribution in [2.24, 2.45) is 0 Å². The van der Waals surface area contributed by atoms with Gasteiger partial charge < -0.3 is 14.3 Å². The van der Waals surface area contributed by atoms with E-state index in [1.54, 1.807) is 28.8 Å². The predicted molar refractivity (Wildman–Crippen MR) is 112 cm³/mol. The quantitative estimate of drug-likeness (QED) is 0.449. The second-order valence-electron chi connectivity index (χ2n) is 6.94. The van der Waals surface area contributed by atoms with Crippen molar-refractivity contribution in [1.29, 1.82) is 0 Å².